The molecular weight excluding hydrogens is 304 g/mol. The summed E-state index contributed by atoms with van der Waals surface area (Å²) in [5, 5.41) is 7.13. The topological polar surface area (TPSA) is 58.1 Å². The quantitative estimate of drug-likeness (QED) is 0.541. The molecule has 2 N–H and O–H groups in total. The summed E-state index contributed by atoms with van der Waals surface area (Å²) in [7, 11) is 3.69. The van der Waals surface area contributed by atoms with Crippen molar-refractivity contribution in [2.75, 3.05) is 53.6 Å². The van der Waals surface area contributed by atoms with Crippen LogP contribution in [0.2, 0.25) is 0 Å². The molecule has 1 aliphatic carbocycles. The van der Waals surface area contributed by atoms with Gasteiger partial charge < -0.3 is 20.1 Å². The second kappa shape index (κ2) is 9.02. The molecule has 6 heteroatoms. The number of hydrogen-bond donors (Lipinski definition) is 2. The van der Waals surface area contributed by atoms with Gasteiger partial charge in [-0.1, -0.05) is 20.8 Å². The van der Waals surface area contributed by atoms with E-state index < -0.39 is 0 Å². The van der Waals surface area contributed by atoms with Crippen LogP contribution in [0.4, 0.5) is 0 Å². The van der Waals surface area contributed by atoms with Crippen LogP contribution in [0, 0.1) is 11.3 Å². The van der Waals surface area contributed by atoms with Gasteiger partial charge in [0.15, 0.2) is 5.96 Å². The van der Waals surface area contributed by atoms with Gasteiger partial charge in [0.2, 0.25) is 0 Å². The van der Waals surface area contributed by atoms with Gasteiger partial charge in [0, 0.05) is 57.7 Å². The first-order valence-corrected chi connectivity index (χ1v) is 9.43. The molecule has 0 aromatic carbocycles. The molecule has 1 saturated heterocycles. The highest BCUT2D eigenvalue weighted by atomic mass is 16.5. The molecule has 24 heavy (non-hydrogen) atoms. The molecule has 140 valence electrons. The van der Waals surface area contributed by atoms with E-state index in [4.69, 9.17) is 9.47 Å². The highest BCUT2D eigenvalue weighted by Crippen LogP contribution is 2.52. The SMILES string of the molecule is CCC1(CC)C(NC(=NC)NCCN2CCOCC2)C(C)C1OC. The van der Waals surface area contributed by atoms with Gasteiger partial charge in [-0.05, 0) is 12.8 Å². The van der Waals surface area contributed by atoms with E-state index in [1.54, 1.807) is 0 Å². The van der Waals surface area contributed by atoms with Crippen molar-refractivity contribution in [1.29, 1.82) is 0 Å². The normalized spacial score (nSPS) is 30.7. The average molecular weight is 341 g/mol. The van der Waals surface area contributed by atoms with Gasteiger partial charge in [0.25, 0.3) is 0 Å². The molecule has 0 radical (unpaired) electrons. The lowest BCUT2D eigenvalue weighted by atomic mass is 9.53. The Morgan fingerprint density at radius 1 is 1.29 bits per heavy atom. The first-order chi connectivity index (χ1) is 11.6. The Hall–Kier alpha value is -0.850. The van der Waals surface area contributed by atoms with Crippen molar-refractivity contribution in [1.82, 2.24) is 15.5 Å². The van der Waals surface area contributed by atoms with Crippen molar-refractivity contribution in [2.45, 2.75) is 45.8 Å². The Balaban J connectivity index is 1.85. The van der Waals surface area contributed by atoms with Crippen molar-refractivity contribution >= 4 is 5.96 Å². The van der Waals surface area contributed by atoms with Gasteiger partial charge in [-0.3, -0.25) is 9.89 Å². The largest absolute Gasteiger partial charge is 0.380 e. The monoisotopic (exact) mass is 340 g/mol. The minimum atomic E-state index is 0.204. The summed E-state index contributed by atoms with van der Waals surface area (Å²) >= 11 is 0. The molecule has 3 unspecified atom stereocenters. The number of aliphatic imine (C=N–C) groups is 1. The zero-order chi connectivity index (χ0) is 17.6. The smallest absolute Gasteiger partial charge is 0.191 e. The standard InChI is InChI=1S/C18H36N4O2/c1-6-18(7-2)15(14(3)16(18)23-5)21-17(19-4)20-8-9-22-10-12-24-13-11-22/h14-16H,6-13H2,1-5H3,(H2,19,20,21). The molecule has 2 rings (SSSR count). The fourth-order valence-electron chi connectivity index (χ4n) is 4.60. The molecule has 0 aromatic rings. The van der Waals surface area contributed by atoms with Crippen molar-refractivity contribution in [2.24, 2.45) is 16.3 Å². The summed E-state index contributed by atoms with van der Waals surface area (Å²) in [5.41, 5.74) is 0.204. The number of methoxy groups -OCH3 is 1. The molecule has 1 saturated carbocycles. The molecule has 2 fully saturated rings. The van der Waals surface area contributed by atoms with Gasteiger partial charge in [-0.2, -0.15) is 0 Å². The summed E-state index contributed by atoms with van der Waals surface area (Å²) in [6, 6.07) is 0.409. The van der Waals surface area contributed by atoms with Gasteiger partial charge in [-0.25, -0.2) is 0 Å². The zero-order valence-electron chi connectivity index (χ0n) is 16.1. The van der Waals surface area contributed by atoms with E-state index in [9.17, 15) is 0 Å². The fraction of sp³-hybridized carbons (Fsp3) is 0.944. The average Bonchev–Trinajstić information content (AvgIpc) is 2.62. The predicted octanol–water partition coefficient (Wildman–Crippen LogP) is 1.32. The highest BCUT2D eigenvalue weighted by Gasteiger charge is 2.58. The second-order valence-electron chi connectivity index (χ2n) is 7.03. The molecule has 1 aliphatic heterocycles. The number of morpholine rings is 1. The first-order valence-electron chi connectivity index (χ1n) is 9.43. The zero-order valence-corrected chi connectivity index (χ0v) is 16.1. The number of nitrogens with one attached hydrogen (secondary N) is 2. The van der Waals surface area contributed by atoms with E-state index in [0.717, 1.165) is 58.2 Å². The van der Waals surface area contributed by atoms with Gasteiger partial charge in [-0.15, -0.1) is 0 Å². The van der Waals surface area contributed by atoms with E-state index in [1.165, 1.54) is 0 Å². The third-order valence-electron chi connectivity index (χ3n) is 6.10. The van der Waals surface area contributed by atoms with Crippen LogP contribution in [0.3, 0.4) is 0 Å². The Kier molecular flexibility index (Phi) is 7.32. The Bertz CT molecular complexity index is 406. The predicted molar refractivity (Wildman–Crippen MR) is 98.5 cm³/mol. The van der Waals surface area contributed by atoms with Gasteiger partial charge >= 0.3 is 0 Å². The minimum absolute atomic E-state index is 0.204. The molecule has 1 heterocycles. The van der Waals surface area contributed by atoms with Crippen LogP contribution in [0.15, 0.2) is 4.99 Å². The van der Waals surface area contributed by atoms with E-state index in [2.05, 4.69) is 41.3 Å². The van der Waals surface area contributed by atoms with Crippen molar-refractivity contribution in [3.8, 4) is 0 Å². The summed E-state index contributed by atoms with van der Waals surface area (Å²) in [5.74, 6) is 1.40. The van der Waals surface area contributed by atoms with Crippen molar-refractivity contribution in [3.63, 3.8) is 0 Å². The van der Waals surface area contributed by atoms with Crippen LogP contribution >= 0.6 is 0 Å². The molecule has 0 bridgehead atoms. The lowest BCUT2D eigenvalue weighted by Crippen LogP contribution is -2.71. The maximum Gasteiger partial charge on any atom is 0.191 e. The van der Waals surface area contributed by atoms with Crippen LogP contribution in [0.1, 0.15) is 33.6 Å². The van der Waals surface area contributed by atoms with E-state index in [1.807, 2.05) is 14.2 Å². The highest BCUT2D eigenvalue weighted by molar-refractivity contribution is 5.80. The van der Waals surface area contributed by atoms with Crippen LogP contribution in [-0.4, -0.2) is 76.6 Å². The lowest BCUT2D eigenvalue weighted by molar-refractivity contribution is -0.163. The second-order valence-corrected chi connectivity index (χ2v) is 7.03. The lowest BCUT2D eigenvalue weighted by Gasteiger charge is -2.60. The molecule has 0 amide bonds. The van der Waals surface area contributed by atoms with Crippen LogP contribution in [0.25, 0.3) is 0 Å². The summed E-state index contributed by atoms with van der Waals surface area (Å²) in [6.45, 7) is 12.5. The summed E-state index contributed by atoms with van der Waals surface area (Å²) in [4.78, 5) is 6.85. The number of nitrogens with zero attached hydrogens (tertiary/aromatic N) is 2. The maximum absolute atomic E-state index is 5.78. The molecular formula is C18H36N4O2. The summed E-state index contributed by atoms with van der Waals surface area (Å²) in [6.07, 6.45) is 2.57. The number of guanidine groups is 1. The van der Waals surface area contributed by atoms with E-state index in [-0.39, 0.29) is 5.41 Å². The van der Waals surface area contributed by atoms with Crippen molar-refractivity contribution in [3.05, 3.63) is 0 Å². The molecule has 3 atom stereocenters. The number of hydrogen-bond acceptors (Lipinski definition) is 4. The maximum atomic E-state index is 5.78. The Labute approximate surface area is 147 Å². The molecule has 0 spiro atoms. The number of ether oxygens (including phenoxy) is 2. The fourth-order valence-corrected chi connectivity index (χ4v) is 4.60. The molecule has 6 nitrogen and oxygen atoms in total. The first kappa shape index (κ1) is 19.5. The number of rotatable bonds is 7. The van der Waals surface area contributed by atoms with Crippen LogP contribution < -0.4 is 10.6 Å². The third-order valence-corrected chi connectivity index (χ3v) is 6.10. The van der Waals surface area contributed by atoms with Crippen molar-refractivity contribution < 1.29 is 9.47 Å². The third kappa shape index (κ3) is 3.86. The molecule has 2 aliphatic rings. The Morgan fingerprint density at radius 2 is 1.96 bits per heavy atom. The molecule has 0 aromatic heterocycles. The minimum Gasteiger partial charge on any atom is -0.380 e. The Morgan fingerprint density at radius 3 is 2.50 bits per heavy atom. The summed E-state index contributed by atoms with van der Waals surface area (Å²) < 4.78 is 11.2. The van der Waals surface area contributed by atoms with E-state index >= 15 is 0 Å². The van der Waals surface area contributed by atoms with E-state index in [0.29, 0.717) is 18.1 Å². The van der Waals surface area contributed by atoms with Crippen LogP contribution in [-0.2, 0) is 9.47 Å². The van der Waals surface area contributed by atoms with Gasteiger partial charge in [0.05, 0.1) is 19.3 Å². The van der Waals surface area contributed by atoms with Crippen LogP contribution in [0.5, 0.6) is 0 Å². The van der Waals surface area contributed by atoms with Gasteiger partial charge in [0.1, 0.15) is 0 Å².